The largest absolute Gasteiger partial charge is 0.444 e. The van der Waals surface area contributed by atoms with Crippen molar-refractivity contribution in [3.63, 3.8) is 0 Å². The molecule has 3 amide bonds. The number of rotatable bonds is 10. The molecule has 0 aliphatic carbocycles. The zero-order valence-electron chi connectivity index (χ0n) is 22.5. The van der Waals surface area contributed by atoms with E-state index >= 15 is 0 Å². The highest BCUT2D eigenvalue weighted by Crippen LogP contribution is 2.26. The van der Waals surface area contributed by atoms with E-state index in [0.29, 0.717) is 12.0 Å². The summed E-state index contributed by atoms with van der Waals surface area (Å²) in [6, 6.07) is 5.21. The number of carbonyl (C=O) groups is 3. The zero-order valence-corrected chi connectivity index (χ0v) is 22.5. The summed E-state index contributed by atoms with van der Waals surface area (Å²) in [5.41, 5.74) is 0.0754. The lowest BCUT2D eigenvalue weighted by molar-refractivity contribution is -0.144. The summed E-state index contributed by atoms with van der Waals surface area (Å²) < 4.78 is 5.38. The number of nitrogens with one attached hydrogen (secondary N) is 2. The Morgan fingerprint density at radius 2 is 1.80 bits per heavy atom. The summed E-state index contributed by atoms with van der Waals surface area (Å²) in [5.74, 6) is -1.11. The van der Waals surface area contributed by atoms with Crippen LogP contribution in [0.1, 0.15) is 79.0 Å². The van der Waals surface area contributed by atoms with Crippen molar-refractivity contribution in [1.29, 1.82) is 0 Å². The highest BCUT2D eigenvalue weighted by molar-refractivity contribution is 5.92. The van der Waals surface area contributed by atoms with Gasteiger partial charge in [-0.25, -0.2) is 4.79 Å². The number of hydrogen-bond donors (Lipinski definition) is 3. The number of carbonyl (C=O) groups excluding carboxylic acids is 3. The first-order valence-corrected chi connectivity index (χ1v) is 12.1. The monoisotopic (exact) mass is 489 g/mol. The summed E-state index contributed by atoms with van der Waals surface area (Å²) >= 11 is 0. The number of amides is 3. The van der Waals surface area contributed by atoms with Gasteiger partial charge in [-0.05, 0) is 64.7 Å². The zero-order chi connectivity index (χ0) is 27.0. The fourth-order valence-corrected chi connectivity index (χ4v) is 3.54. The van der Waals surface area contributed by atoms with Crippen LogP contribution in [-0.2, 0) is 14.3 Å². The molecule has 0 saturated carbocycles. The van der Waals surface area contributed by atoms with Gasteiger partial charge < -0.3 is 25.4 Å². The van der Waals surface area contributed by atoms with Crippen LogP contribution in [0.4, 0.5) is 4.79 Å². The summed E-state index contributed by atoms with van der Waals surface area (Å²) in [5, 5.41) is 15.5. The third kappa shape index (κ3) is 9.72. The fourth-order valence-electron chi connectivity index (χ4n) is 3.54. The highest BCUT2D eigenvalue weighted by atomic mass is 16.6. The first-order valence-electron chi connectivity index (χ1n) is 12.1. The maximum Gasteiger partial charge on any atom is 0.408 e. The molecule has 3 N–H and O–H groups in total. The minimum atomic E-state index is -1.03. The van der Waals surface area contributed by atoms with E-state index in [2.05, 4.69) is 17.2 Å². The average Bonchev–Trinajstić information content (AvgIpc) is 2.73. The molecule has 0 aliphatic heterocycles. The lowest BCUT2D eigenvalue weighted by atomic mass is 9.95. The lowest BCUT2D eigenvalue weighted by Gasteiger charge is -2.37. The number of alkyl carbamates (subject to hydrolysis) is 1. The molecular weight excluding hydrogens is 446 g/mol. The molecule has 0 fully saturated rings. The maximum absolute atomic E-state index is 13.9. The molecule has 0 aliphatic rings. The van der Waals surface area contributed by atoms with Crippen molar-refractivity contribution in [3.05, 3.63) is 42.0 Å². The molecular formula is C27H43N3O5. The van der Waals surface area contributed by atoms with Crippen molar-refractivity contribution in [2.75, 3.05) is 13.2 Å². The van der Waals surface area contributed by atoms with E-state index in [4.69, 9.17) is 4.74 Å². The van der Waals surface area contributed by atoms with Crippen molar-refractivity contribution in [1.82, 2.24) is 15.5 Å². The van der Waals surface area contributed by atoms with Gasteiger partial charge in [0.1, 0.15) is 17.7 Å². The first kappa shape index (κ1) is 30.2. The van der Waals surface area contributed by atoms with Crippen LogP contribution in [0.5, 0.6) is 0 Å². The van der Waals surface area contributed by atoms with E-state index in [-0.39, 0.29) is 25.0 Å². The van der Waals surface area contributed by atoms with Gasteiger partial charge in [-0.3, -0.25) is 9.59 Å². The predicted octanol–water partition coefficient (Wildman–Crippen LogP) is 4.05. The minimum Gasteiger partial charge on any atom is -0.444 e. The summed E-state index contributed by atoms with van der Waals surface area (Å²) in [7, 11) is 0. The van der Waals surface area contributed by atoms with E-state index < -0.39 is 35.2 Å². The minimum absolute atomic E-state index is 0.0949. The van der Waals surface area contributed by atoms with Crippen molar-refractivity contribution < 1.29 is 24.2 Å². The van der Waals surface area contributed by atoms with E-state index in [0.717, 1.165) is 5.56 Å². The van der Waals surface area contributed by atoms with Crippen molar-refractivity contribution >= 4 is 24.0 Å². The van der Waals surface area contributed by atoms with Crippen molar-refractivity contribution in [3.8, 4) is 0 Å². The molecule has 0 spiro atoms. The Hall–Kier alpha value is -2.87. The quantitative estimate of drug-likeness (QED) is 0.460. The third-order valence-corrected chi connectivity index (χ3v) is 5.30. The Morgan fingerprint density at radius 1 is 1.17 bits per heavy atom. The molecule has 0 saturated heterocycles. The van der Waals surface area contributed by atoms with E-state index in [1.165, 1.54) is 4.90 Å². The number of ether oxygens (including phenoxy) is 1. The Balaban J connectivity index is 3.54. The predicted molar refractivity (Wildman–Crippen MR) is 139 cm³/mol. The highest BCUT2D eigenvalue weighted by Gasteiger charge is 2.38. The number of hydrogen-bond acceptors (Lipinski definition) is 5. The molecule has 0 aromatic heterocycles. The van der Waals surface area contributed by atoms with E-state index in [1.54, 1.807) is 45.0 Å². The van der Waals surface area contributed by atoms with Crippen LogP contribution in [0.3, 0.4) is 0 Å². The number of nitrogens with zero attached hydrogens (tertiary/aromatic N) is 1. The molecule has 1 aromatic rings. The Morgan fingerprint density at radius 3 is 2.29 bits per heavy atom. The Labute approximate surface area is 210 Å². The number of aliphatic hydroxyl groups excluding tert-OH is 1. The molecule has 3 unspecified atom stereocenters. The van der Waals surface area contributed by atoms with Gasteiger partial charge in [0.2, 0.25) is 11.8 Å². The topological polar surface area (TPSA) is 108 Å². The van der Waals surface area contributed by atoms with Crippen molar-refractivity contribution in [2.45, 2.75) is 85.0 Å². The summed E-state index contributed by atoms with van der Waals surface area (Å²) in [6.45, 7) is 17.9. The second-order valence-corrected chi connectivity index (χ2v) is 10.8. The van der Waals surface area contributed by atoms with Crippen LogP contribution in [0.15, 0.2) is 30.8 Å². The van der Waals surface area contributed by atoms with Crippen molar-refractivity contribution in [2.24, 2.45) is 5.92 Å². The van der Waals surface area contributed by atoms with Gasteiger partial charge in [0.25, 0.3) is 0 Å². The van der Waals surface area contributed by atoms with Gasteiger partial charge in [0.15, 0.2) is 0 Å². The molecule has 1 aromatic carbocycles. The van der Waals surface area contributed by atoms with Gasteiger partial charge in [-0.1, -0.05) is 51.1 Å². The van der Waals surface area contributed by atoms with Crippen LogP contribution in [-0.4, -0.2) is 58.2 Å². The molecule has 1 rings (SSSR count). The third-order valence-electron chi connectivity index (χ3n) is 5.30. The second-order valence-electron chi connectivity index (χ2n) is 10.8. The molecule has 0 radical (unpaired) electrons. The van der Waals surface area contributed by atoms with E-state index in [9.17, 15) is 19.5 Å². The maximum atomic E-state index is 13.9. The number of aliphatic hydroxyl groups is 1. The number of benzene rings is 1. The van der Waals surface area contributed by atoms with Crippen LogP contribution in [0.25, 0.3) is 6.08 Å². The van der Waals surface area contributed by atoms with Gasteiger partial charge in [-0.2, -0.15) is 0 Å². The van der Waals surface area contributed by atoms with Crippen LogP contribution >= 0.6 is 0 Å². The molecule has 0 bridgehead atoms. The fraction of sp³-hybridized carbons (Fsp3) is 0.593. The lowest BCUT2D eigenvalue weighted by Crippen LogP contribution is -2.56. The summed E-state index contributed by atoms with van der Waals surface area (Å²) in [6.07, 6.45) is 1.54. The second kappa shape index (κ2) is 12.7. The molecule has 3 atom stereocenters. The van der Waals surface area contributed by atoms with Gasteiger partial charge >= 0.3 is 6.09 Å². The Bertz CT molecular complexity index is 886. The van der Waals surface area contributed by atoms with Gasteiger partial charge in [0.05, 0.1) is 6.61 Å². The Kier molecular flexibility index (Phi) is 11.0. The molecule has 196 valence electrons. The van der Waals surface area contributed by atoms with E-state index in [1.807, 2.05) is 40.7 Å². The average molecular weight is 490 g/mol. The first-order chi connectivity index (χ1) is 16.1. The van der Waals surface area contributed by atoms with Gasteiger partial charge in [0, 0.05) is 12.1 Å². The molecule has 0 heterocycles. The SMILES string of the molecule is C=Cc1cccc(C(C(=O)NC(C)(C)C)N(CCO)C(=O)C(NC(=O)OC(C)(C)C)C(C)CC)c1. The summed E-state index contributed by atoms with van der Waals surface area (Å²) in [4.78, 5) is 41.4. The molecule has 35 heavy (non-hydrogen) atoms. The molecule has 8 nitrogen and oxygen atoms in total. The van der Waals surface area contributed by atoms with Crippen LogP contribution in [0.2, 0.25) is 0 Å². The van der Waals surface area contributed by atoms with Gasteiger partial charge in [-0.15, -0.1) is 0 Å². The smallest absolute Gasteiger partial charge is 0.408 e. The standard InChI is InChI=1S/C27H43N3O5/c1-10-18(3)21(28-25(34)35-27(7,8)9)24(33)30(15-16-31)22(23(32)29-26(4,5)6)20-14-12-13-19(11-2)17-20/h11-14,17-18,21-22,31H,2,10,15-16H2,1,3-9H3,(H,28,34)(H,29,32). The molecule has 8 heteroatoms. The van der Waals surface area contributed by atoms with Crippen LogP contribution in [0, 0.1) is 5.92 Å². The van der Waals surface area contributed by atoms with Crippen LogP contribution < -0.4 is 10.6 Å². The normalized spacial score (nSPS) is 14.3.